The van der Waals surface area contributed by atoms with Gasteiger partial charge in [-0.25, -0.2) is 0 Å². The van der Waals surface area contributed by atoms with Gasteiger partial charge in [-0.15, -0.1) is 0 Å². The van der Waals surface area contributed by atoms with Gasteiger partial charge in [-0.05, 0) is 42.5 Å². The quantitative estimate of drug-likeness (QED) is 0.926. The lowest BCUT2D eigenvalue weighted by Crippen LogP contribution is -2.12. The molecule has 1 N–H and O–H groups in total. The molecule has 0 saturated carbocycles. The first kappa shape index (κ1) is 16.0. The number of hydrogen-bond acceptors (Lipinski definition) is 4. The number of carbonyl (C=O) groups is 1. The third-order valence-electron chi connectivity index (χ3n) is 3.35. The van der Waals surface area contributed by atoms with E-state index in [0.29, 0.717) is 36.0 Å². The van der Waals surface area contributed by atoms with Crippen molar-refractivity contribution < 1.29 is 27.8 Å². The standard InChI is InChI=1S/C17H15F2NO4/c18-17(19)24-13-5-3-12(4-6-13)20-16(21)11-2-7-14-15(10-11)23-9-1-8-22-14/h2-7,10,17H,1,8-9H2,(H,20,21). The number of benzene rings is 2. The number of nitrogens with one attached hydrogen (secondary N) is 1. The van der Waals surface area contributed by atoms with Crippen LogP contribution in [0.4, 0.5) is 14.5 Å². The van der Waals surface area contributed by atoms with Crippen LogP contribution in [0.25, 0.3) is 0 Å². The number of anilines is 1. The summed E-state index contributed by atoms with van der Waals surface area (Å²) < 4.78 is 39.5. The molecule has 1 aliphatic heterocycles. The molecule has 5 nitrogen and oxygen atoms in total. The number of hydrogen-bond donors (Lipinski definition) is 1. The maximum Gasteiger partial charge on any atom is 0.387 e. The summed E-state index contributed by atoms with van der Waals surface area (Å²) in [6.07, 6.45) is 0.781. The van der Waals surface area contributed by atoms with Gasteiger partial charge in [-0.1, -0.05) is 0 Å². The summed E-state index contributed by atoms with van der Waals surface area (Å²) in [4.78, 5) is 12.3. The third-order valence-corrected chi connectivity index (χ3v) is 3.35. The number of rotatable bonds is 4. The Kier molecular flexibility index (Phi) is 4.79. The van der Waals surface area contributed by atoms with Crippen molar-refractivity contribution in [1.82, 2.24) is 0 Å². The average Bonchev–Trinajstić information content (AvgIpc) is 2.80. The minimum Gasteiger partial charge on any atom is -0.490 e. The van der Waals surface area contributed by atoms with E-state index in [2.05, 4.69) is 10.1 Å². The molecule has 0 fully saturated rings. The Balaban J connectivity index is 1.69. The van der Waals surface area contributed by atoms with Gasteiger partial charge in [-0.3, -0.25) is 4.79 Å². The minimum absolute atomic E-state index is 0.0265. The highest BCUT2D eigenvalue weighted by atomic mass is 19.3. The van der Waals surface area contributed by atoms with Gasteiger partial charge >= 0.3 is 6.61 Å². The number of halogens is 2. The van der Waals surface area contributed by atoms with Crippen molar-refractivity contribution in [2.24, 2.45) is 0 Å². The van der Waals surface area contributed by atoms with E-state index in [1.165, 1.54) is 24.3 Å². The fourth-order valence-corrected chi connectivity index (χ4v) is 2.23. The van der Waals surface area contributed by atoms with E-state index in [4.69, 9.17) is 9.47 Å². The van der Waals surface area contributed by atoms with Gasteiger partial charge in [0.15, 0.2) is 11.5 Å². The van der Waals surface area contributed by atoms with Crippen LogP contribution in [0.2, 0.25) is 0 Å². The van der Waals surface area contributed by atoms with Crippen LogP contribution in [0.15, 0.2) is 42.5 Å². The monoisotopic (exact) mass is 335 g/mol. The van der Waals surface area contributed by atoms with Gasteiger partial charge in [0.2, 0.25) is 0 Å². The molecule has 0 bridgehead atoms. The average molecular weight is 335 g/mol. The zero-order valence-corrected chi connectivity index (χ0v) is 12.6. The van der Waals surface area contributed by atoms with Crippen LogP contribution in [0.3, 0.4) is 0 Å². The fourth-order valence-electron chi connectivity index (χ4n) is 2.23. The Bertz CT molecular complexity index is 719. The first-order chi connectivity index (χ1) is 11.6. The molecule has 0 aromatic heterocycles. The number of ether oxygens (including phenoxy) is 3. The molecule has 1 heterocycles. The molecule has 0 radical (unpaired) electrons. The summed E-state index contributed by atoms with van der Waals surface area (Å²) in [5.41, 5.74) is 0.876. The molecule has 7 heteroatoms. The van der Waals surface area contributed by atoms with Crippen molar-refractivity contribution in [2.45, 2.75) is 13.0 Å². The molecule has 2 aromatic carbocycles. The van der Waals surface area contributed by atoms with Crippen molar-refractivity contribution in [1.29, 1.82) is 0 Å². The van der Waals surface area contributed by atoms with Crippen molar-refractivity contribution in [3.05, 3.63) is 48.0 Å². The van der Waals surface area contributed by atoms with Crippen molar-refractivity contribution in [3.63, 3.8) is 0 Å². The lowest BCUT2D eigenvalue weighted by atomic mass is 10.2. The second-order valence-electron chi connectivity index (χ2n) is 5.07. The van der Waals surface area contributed by atoms with E-state index in [0.717, 1.165) is 6.42 Å². The highest BCUT2D eigenvalue weighted by Gasteiger charge is 2.14. The number of carbonyl (C=O) groups excluding carboxylic acids is 1. The Hall–Kier alpha value is -2.83. The molecular formula is C17H15F2NO4. The van der Waals surface area contributed by atoms with Crippen molar-refractivity contribution >= 4 is 11.6 Å². The lowest BCUT2D eigenvalue weighted by molar-refractivity contribution is -0.0498. The molecule has 0 spiro atoms. The predicted octanol–water partition coefficient (Wildman–Crippen LogP) is 3.70. The molecular weight excluding hydrogens is 320 g/mol. The van der Waals surface area contributed by atoms with E-state index in [-0.39, 0.29) is 11.7 Å². The zero-order valence-electron chi connectivity index (χ0n) is 12.6. The Morgan fingerprint density at radius 3 is 2.46 bits per heavy atom. The van der Waals surface area contributed by atoms with Crippen LogP contribution >= 0.6 is 0 Å². The van der Waals surface area contributed by atoms with Gasteiger partial charge in [0.1, 0.15) is 5.75 Å². The highest BCUT2D eigenvalue weighted by Crippen LogP contribution is 2.30. The van der Waals surface area contributed by atoms with Crippen LogP contribution in [0.1, 0.15) is 16.8 Å². The van der Waals surface area contributed by atoms with Gasteiger partial charge in [0.25, 0.3) is 5.91 Å². The molecule has 3 rings (SSSR count). The summed E-state index contributed by atoms with van der Waals surface area (Å²) in [5, 5.41) is 2.68. The summed E-state index contributed by atoms with van der Waals surface area (Å²) in [6, 6.07) is 10.6. The molecule has 24 heavy (non-hydrogen) atoms. The normalized spacial score (nSPS) is 13.3. The van der Waals surface area contributed by atoms with E-state index in [9.17, 15) is 13.6 Å². The first-order valence-electron chi connectivity index (χ1n) is 7.38. The molecule has 1 amide bonds. The van der Waals surface area contributed by atoms with Gasteiger partial charge in [-0.2, -0.15) is 8.78 Å². The second-order valence-corrected chi connectivity index (χ2v) is 5.07. The summed E-state index contributed by atoms with van der Waals surface area (Å²) in [7, 11) is 0. The Labute approximate surface area is 137 Å². The van der Waals surface area contributed by atoms with Crippen LogP contribution in [-0.4, -0.2) is 25.7 Å². The van der Waals surface area contributed by atoms with Gasteiger partial charge < -0.3 is 19.5 Å². The van der Waals surface area contributed by atoms with Crippen LogP contribution < -0.4 is 19.5 Å². The summed E-state index contributed by atoms with van der Waals surface area (Å²) in [6.45, 7) is -1.78. The number of alkyl halides is 2. The van der Waals surface area contributed by atoms with E-state index < -0.39 is 6.61 Å². The first-order valence-corrected chi connectivity index (χ1v) is 7.38. The lowest BCUT2D eigenvalue weighted by Gasteiger charge is -2.10. The maximum absolute atomic E-state index is 12.3. The Morgan fingerprint density at radius 1 is 1.04 bits per heavy atom. The topological polar surface area (TPSA) is 56.8 Å². The largest absolute Gasteiger partial charge is 0.490 e. The van der Waals surface area contributed by atoms with Crippen LogP contribution in [0.5, 0.6) is 17.2 Å². The van der Waals surface area contributed by atoms with E-state index in [1.54, 1.807) is 18.2 Å². The molecule has 0 saturated heterocycles. The molecule has 0 atom stereocenters. The highest BCUT2D eigenvalue weighted by molar-refractivity contribution is 6.04. The molecule has 0 unspecified atom stereocenters. The van der Waals surface area contributed by atoms with E-state index >= 15 is 0 Å². The van der Waals surface area contributed by atoms with E-state index in [1.807, 2.05) is 0 Å². The zero-order chi connectivity index (χ0) is 16.9. The van der Waals surface area contributed by atoms with Crippen LogP contribution in [0, 0.1) is 0 Å². The fraction of sp³-hybridized carbons (Fsp3) is 0.235. The molecule has 2 aromatic rings. The third kappa shape index (κ3) is 3.92. The number of fused-ring (bicyclic) bond motifs is 1. The molecule has 0 aliphatic carbocycles. The number of amides is 1. The predicted molar refractivity (Wildman–Crippen MR) is 83.1 cm³/mol. The SMILES string of the molecule is O=C(Nc1ccc(OC(F)F)cc1)c1ccc2c(c1)OCCCO2. The maximum atomic E-state index is 12.3. The molecule has 126 valence electrons. The minimum atomic E-state index is -2.88. The molecule has 1 aliphatic rings. The summed E-state index contributed by atoms with van der Waals surface area (Å²) >= 11 is 0. The Morgan fingerprint density at radius 2 is 1.75 bits per heavy atom. The van der Waals surface area contributed by atoms with Crippen molar-refractivity contribution in [2.75, 3.05) is 18.5 Å². The summed E-state index contributed by atoms with van der Waals surface area (Å²) in [5.74, 6) is 0.824. The van der Waals surface area contributed by atoms with Crippen molar-refractivity contribution in [3.8, 4) is 17.2 Å². The van der Waals surface area contributed by atoms with Gasteiger partial charge in [0.05, 0.1) is 13.2 Å². The van der Waals surface area contributed by atoms with Gasteiger partial charge in [0, 0.05) is 17.7 Å². The second kappa shape index (κ2) is 7.16. The smallest absolute Gasteiger partial charge is 0.387 e. The van der Waals surface area contributed by atoms with Crippen LogP contribution in [-0.2, 0) is 0 Å².